The van der Waals surface area contributed by atoms with E-state index in [4.69, 9.17) is 9.47 Å². The van der Waals surface area contributed by atoms with E-state index in [0.29, 0.717) is 16.4 Å². The van der Waals surface area contributed by atoms with Gasteiger partial charge in [-0.05, 0) is 40.2 Å². The molecular formula is C13H11BrO3S. The van der Waals surface area contributed by atoms with E-state index in [1.807, 2.05) is 18.2 Å². The highest BCUT2D eigenvalue weighted by Crippen LogP contribution is 2.23. The van der Waals surface area contributed by atoms with Crippen LogP contribution in [0.25, 0.3) is 0 Å². The minimum absolute atomic E-state index is 0.0279. The van der Waals surface area contributed by atoms with Gasteiger partial charge in [-0.1, -0.05) is 6.07 Å². The number of ether oxygens (including phenoxy) is 2. The number of halogens is 1. The van der Waals surface area contributed by atoms with Crippen LogP contribution in [-0.2, 0) is 0 Å². The lowest BCUT2D eigenvalue weighted by Crippen LogP contribution is -2.09. The third-order valence-corrected chi connectivity index (χ3v) is 3.92. The average Bonchev–Trinajstić information content (AvgIpc) is 2.83. The lowest BCUT2D eigenvalue weighted by Gasteiger charge is -2.06. The molecule has 1 aromatic heterocycles. The maximum absolute atomic E-state index is 11.8. The fourth-order valence-corrected chi connectivity index (χ4v) is 2.69. The van der Waals surface area contributed by atoms with Crippen LogP contribution in [0, 0.1) is 0 Å². The first kappa shape index (κ1) is 13.1. The molecule has 2 rings (SSSR count). The maximum Gasteiger partial charge on any atom is 0.210 e. The molecule has 0 spiro atoms. The van der Waals surface area contributed by atoms with Crippen LogP contribution in [0.5, 0.6) is 11.5 Å². The first-order chi connectivity index (χ1) is 8.69. The van der Waals surface area contributed by atoms with Crippen molar-refractivity contribution in [3.8, 4) is 11.5 Å². The first-order valence-corrected chi connectivity index (χ1v) is 6.85. The Hall–Kier alpha value is -1.33. The van der Waals surface area contributed by atoms with Gasteiger partial charge < -0.3 is 9.47 Å². The van der Waals surface area contributed by atoms with Gasteiger partial charge in [-0.3, -0.25) is 4.79 Å². The molecule has 5 heteroatoms. The lowest BCUT2D eigenvalue weighted by atomic mass is 10.3. The van der Waals surface area contributed by atoms with E-state index in [0.717, 1.165) is 3.79 Å². The molecule has 0 amide bonds. The van der Waals surface area contributed by atoms with E-state index >= 15 is 0 Å². The third-order valence-electron chi connectivity index (χ3n) is 2.26. The van der Waals surface area contributed by atoms with Crippen LogP contribution in [0.3, 0.4) is 0 Å². The van der Waals surface area contributed by atoms with Gasteiger partial charge in [0.15, 0.2) is 6.61 Å². The zero-order valence-corrected chi connectivity index (χ0v) is 12.1. The van der Waals surface area contributed by atoms with Gasteiger partial charge in [0.05, 0.1) is 15.8 Å². The Bertz CT molecular complexity index is 551. The van der Waals surface area contributed by atoms with Gasteiger partial charge >= 0.3 is 0 Å². The molecule has 0 saturated carbocycles. The summed E-state index contributed by atoms with van der Waals surface area (Å²) in [7, 11) is 1.59. The highest BCUT2D eigenvalue weighted by Gasteiger charge is 2.09. The van der Waals surface area contributed by atoms with Crippen LogP contribution in [-0.4, -0.2) is 19.5 Å². The predicted molar refractivity (Wildman–Crippen MR) is 74.8 cm³/mol. The maximum atomic E-state index is 11.8. The number of Topliss-reactive ketones (excluding diaryl/α,β-unsaturated/α-hetero) is 1. The molecule has 94 valence electrons. The van der Waals surface area contributed by atoms with Crippen molar-refractivity contribution in [3.05, 3.63) is 45.1 Å². The second-order valence-electron chi connectivity index (χ2n) is 3.49. The quantitative estimate of drug-likeness (QED) is 0.784. The van der Waals surface area contributed by atoms with Crippen molar-refractivity contribution in [1.29, 1.82) is 0 Å². The standard InChI is InChI=1S/C13H11BrO3S/c1-16-9-3-2-4-10(7-9)17-8-11(15)12-5-6-13(14)18-12/h2-7H,8H2,1H3. The normalized spacial score (nSPS) is 10.1. The van der Waals surface area contributed by atoms with E-state index in [2.05, 4.69) is 15.9 Å². The smallest absolute Gasteiger partial charge is 0.210 e. The summed E-state index contributed by atoms with van der Waals surface area (Å²) in [5.74, 6) is 1.30. The average molecular weight is 327 g/mol. The molecule has 0 N–H and O–H groups in total. The summed E-state index contributed by atoms with van der Waals surface area (Å²) < 4.78 is 11.5. The molecular weight excluding hydrogens is 316 g/mol. The third kappa shape index (κ3) is 3.34. The van der Waals surface area contributed by atoms with Crippen LogP contribution < -0.4 is 9.47 Å². The second-order valence-corrected chi connectivity index (χ2v) is 5.96. The van der Waals surface area contributed by atoms with E-state index in [9.17, 15) is 4.79 Å². The molecule has 0 unspecified atom stereocenters. The van der Waals surface area contributed by atoms with E-state index < -0.39 is 0 Å². The van der Waals surface area contributed by atoms with Crippen LogP contribution in [0.4, 0.5) is 0 Å². The number of rotatable bonds is 5. The fourth-order valence-electron chi connectivity index (χ4n) is 1.38. The van der Waals surface area contributed by atoms with Crippen molar-refractivity contribution in [2.45, 2.75) is 0 Å². The molecule has 0 aliphatic rings. The van der Waals surface area contributed by atoms with Crippen molar-refractivity contribution in [3.63, 3.8) is 0 Å². The Balaban J connectivity index is 1.97. The molecule has 18 heavy (non-hydrogen) atoms. The Labute approximate surface area is 117 Å². The van der Waals surface area contributed by atoms with E-state index in [1.54, 1.807) is 25.3 Å². The summed E-state index contributed by atoms with van der Waals surface area (Å²) >= 11 is 4.73. The molecule has 0 aliphatic carbocycles. The Kier molecular flexibility index (Phi) is 4.38. The Morgan fingerprint density at radius 2 is 2.06 bits per heavy atom. The number of ketones is 1. The summed E-state index contributed by atoms with van der Waals surface area (Å²) in [6.45, 7) is 0.0279. The molecule has 1 aromatic carbocycles. The molecule has 0 bridgehead atoms. The second kappa shape index (κ2) is 6.02. The van der Waals surface area contributed by atoms with Crippen LogP contribution in [0.15, 0.2) is 40.2 Å². The van der Waals surface area contributed by atoms with Gasteiger partial charge in [0.25, 0.3) is 0 Å². The summed E-state index contributed by atoms with van der Waals surface area (Å²) in [6.07, 6.45) is 0. The molecule has 3 nitrogen and oxygen atoms in total. The van der Waals surface area contributed by atoms with Gasteiger partial charge in [0.1, 0.15) is 11.5 Å². The summed E-state index contributed by atoms with van der Waals surface area (Å²) in [6, 6.07) is 10.8. The van der Waals surface area contributed by atoms with Gasteiger partial charge in [0, 0.05) is 6.07 Å². The molecule has 0 radical (unpaired) electrons. The minimum Gasteiger partial charge on any atom is -0.497 e. The SMILES string of the molecule is COc1cccc(OCC(=O)c2ccc(Br)s2)c1. The number of hydrogen-bond acceptors (Lipinski definition) is 4. The van der Waals surface area contributed by atoms with Crippen LogP contribution in [0.2, 0.25) is 0 Å². The van der Waals surface area contributed by atoms with Crippen molar-refractivity contribution >= 4 is 33.0 Å². The number of carbonyl (C=O) groups is 1. The highest BCUT2D eigenvalue weighted by molar-refractivity contribution is 9.11. The fraction of sp³-hybridized carbons (Fsp3) is 0.154. The number of benzene rings is 1. The number of methoxy groups -OCH3 is 1. The van der Waals surface area contributed by atoms with Crippen LogP contribution in [0.1, 0.15) is 9.67 Å². The van der Waals surface area contributed by atoms with Gasteiger partial charge in [0.2, 0.25) is 5.78 Å². The van der Waals surface area contributed by atoms with Crippen molar-refractivity contribution in [2.24, 2.45) is 0 Å². The molecule has 0 atom stereocenters. The minimum atomic E-state index is -0.0338. The number of thiophene rings is 1. The number of hydrogen-bond donors (Lipinski definition) is 0. The predicted octanol–water partition coefficient (Wildman–Crippen LogP) is 3.78. The molecule has 0 aliphatic heterocycles. The summed E-state index contributed by atoms with van der Waals surface area (Å²) in [4.78, 5) is 12.5. The summed E-state index contributed by atoms with van der Waals surface area (Å²) in [5, 5.41) is 0. The Morgan fingerprint density at radius 1 is 1.28 bits per heavy atom. The zero-order valence-electron chi connectivity index (χ0n) is 9.68. The topological polar surface area (TPSA) is 35.5 Å². The summed E-state index contributed by atoms with van der Waals surface area (Å²) in [5.41, 5.74) is 0. The zero-order chi connectivity index (χ0) is 13.0. The largest absolute Gasteiger partial charge is 0.497 e. The van der Waals surface area contributed by atoms with Gasteiger partial charge in [-0.25, -0.2) is 0 Å². The van der Waals surface area contributed by atoms with E-state index in [-0.39, 0.29) is 12.4 Å². The van der Waals surface area contributed by atoms with Crippen LogP contribution >= 0.6 is 27.3 Å². The monoisotopic (exact) mass is 326 g/mol. The van der Waals surface area contributed by atoms with Crippen molar-refractivity contribution in [1.82, 2.24) is 0 Å². The highest BCUT2D eigenvalue weighted by atomic mass is 79.9. The molecule has 1 heterocycles. The number of carbonyl (C=O) groups excluding carboxylic acids is 1. The van der Waals surface area contributed by atoms with Gasteiger partial charge in [-0.15, -0.1) is 11.3 Å². The van der Waals surface area contributed by atoms with Crippen molar-refractivity contribution in [2.75, 3.05) is 13.7 Å². The lowest BCUT2D eigenvalue weighted by molar-refractivity contribution is 0.0925. The van der Waals surface area contributed by atoms with E-state index in [1.165, 1.54) is 11.3 Å². The molecule has 0 saturated heterocycles. The molecule has 0 fully saturated rings. The van der Waals surface area contributed by atoms with Crippen molar-refractivity contribution < 1.29 is 14.3 Å². The first-order valence-electron chi connectivity index (χ1n) is 5.24. The van der Waals surface area contributed by atoms with Gasteiger partial charge in [-0.2, -0.15) is 0 Å². The Morgan fingerprint density at radius 3 is 2.72 bits per heavy atom. The molecule has 2 aromatic rings.